The van der Waals surface area contributed by atoms with Crippen LogP contribution in [0.15, 0.2) is 18.2 Å². The topological polar surface area (TPSA) is 55.8 Å². The highest BCUT2D eigenvalue weighted by molar-refractivity contribution is 5.83. The van der Waals surface area contributed by atoms with Gasteiger partial charge in [-0.1, -0.05) is 12.1 Å². The lowest BCUT2D eigenvalue weighted by molar-refractivity contribution is -0.149. The maximum Gasteiger partial charge on any atom is 0.325 e. The van der Waals surface area contributed by atoms with Crippen LogP contribution in [0, 0.1) is 13.8 Å². The van der Waals surface area contributed by atoms with Crippen LogP contribution in [0.1, 0.15) is 25.0 Å². The van der Waals surface area contributed by atoms with Gasteiger partial charge in [0.05, 0.1) is 7.11 Å². The van der Waals surface area contributed by atoms with Crippen LogP contribution in [0.3, 0.4) is 0 Å². The van der Waals surface area contributed by atoms with Gasteiger partial charge in [0.1, 0.15) is 12.3 Å². The van der Waals surface area contributed by atoms with Gasteiger partial charge < -0.3 is 14.4 Å². The Labute approximate surface area is 125 Å². The Morgan fingerprint density at radius 2 is 1.90 bits per heavy atom. The van der Waals surface area contributed by atoms with E-state index in [-0.39, 0.29) is 25.1 Å². The number of amides is 1. The van der Waals surface area contributed by atoms with Crippen molar-refractivity contribution in [3.05, 3.63) is 29.3 Å². The third-order valence-corrected chi connectivity index (χ3v) is 3.38. The summed E-state index contributed by atoms with van der Waals surface area (Å²) in [6.45, 7) is 7.46. The van der Waals surface area contributed by atoms with Crippen LogP contribution in [-0.2, 0) is 14.3 Å². The highest BCUT2D eigenvalue weighted by Gasteiger charge is 2.21. The minimum atomic E-state index is -0.441. The Hall–Kier alpha value is -2.04. The van der Waals surface area contributed by atoms with Crippen LogP contribution in [-0.4, -0.2) is 43.1 Å². The van der Waals surface area contributed by atoms with Crippen molar-refractivity contribution in [2.45, 2.75) is 33.7 Å². The van der Waals surface area contributed by atoms with Gasteiger partial charge in [-0.05, 0) is 44.9 Å². The summed E-state index contributed by atoms with van der Waals surface area (Å²) < 4.78 is 10.2. The Balaban J connectivity index is 2.69. The molecule has 0 saturated heterocycles. The van der Waals surface area contributed by atoms with Crippen molar-refractivity contribution in [1.29, 1.82) is 0 Å². The van der Waals surface area contributed by atoms with Crippen molar-refractivity contribution < 1.29 is 19.1 Å². The van der Waals surface area contributed by atoms with E-state index in [0.29, 0.717) is 5.75 Å². The van der Waals surface area contributed by atoms with E-state index in [1.807, 2.05) is 45.9 Å². The average Bonchev–Trinajstić information content (AvgIpc) is 2.45. The summed E-state index contributed by atoms with van der Waals surface area (Å²) in [7, 11) is 1.30. The van der Waals surface area contributed by atoms with E-state index in [0.717, 1.165) is 11.1 Å². The summed E-state index contributed by atoms with van der Waals surface area (Å²) in [5, 5.41) is 0. The maximum atomic E-state index is 12.2. The van der Waals surface area contributed by atoms with Gasteiger partial charge >= 0.3 is 5.97 Å². The average molecular weight is 293 g/mol. The predicted octanol–water partition coefficient (Wildman–Crippen LogP) is 2.09. The molecule has 1 aromatic carbocycles. The van der Waals surface area contributed by atoms with Gasteiger partial charge in [0.15, 0.2) is 6.61 Å². The number of methoxy groups -OCH3 is 1. The Kier molecular flexibility index (Phi) is 6.21. The molecular weight excluding hydrogens is 270 g/mol. The second-order valence-corrected chi connectivity index (χ2v) is 5.18. The molecule has 0 spiro atoms. The maximum absolute atomic E-state index is 12.2. The summed E-state index contributed by atoms with van der Waals surface area (Å²) in [6, 6.07) is 5.60. The van der Waals surface area contributed by atoms with E-state index in [1.165, 1.54) is 12.0 Å². The van der Waals surface area contributed by atoms with Crippen molar-refractivity contribution in [2.75, 3.05) is 20.3 Å². The summed E-state index contributed by atoms with van der Waals surface area (Å²) in [5.74, 6) is 0.00483. The number of hydrogen-bond acceptors (Lipinski definition) is 4. The zero-order chi connectivity index (χ0) is 16.0. The van der Waals surface area contributed by atoms with E-state index in [9.17, 15) is 9.59 Å². The second kappa shape index (κ2) is 7.67. The number of benzene rings is 1. The lowest BCUT2D eigenvalue weighted by Crippen LogP contribution is -2.43. The highest BCUT2D eigenvalue weighted by atomic mass is 16.5. The van der Waals surface area contributed by atoms with Gasteiger partial charge in [-0.25, -0.2) is 0 Å². The molecule has 0 bridgehead atoms. The fourth-order valence-electron chi connectivity index (χ4n) is 1.87. The predicted molar refractivity (Wildman–Crippen MR) is 80.3 cm³/mol. The Bertz CT molecular complexity index is 511. The fourth-order valence-corrected chi connectivity index (χ4v) is 1.87. The number of aryl methyl sites for hydroxylation is 1. The molecule has 0 aliphatic rings. The summed E-state index contributed by atoms with van der Waals surface area (Å²) in [6.07, 6.45) is 0. The van der Waals surface area contributed by atoms with Gasteiger partial charge in [0.25, 0.3) is 5.91 Å². The molecule has 0 unspecified atom stereocenters. The molecule has 1 amide bonds. The van der Waals surface area contributed by atoms with Crippen molar-refractivity contribution in [2.24, 2.45) is 0 Å². The van der Waals surface area contributed by atoms with Crippen LogP contribution in [0.2, 0.25) is 0 Å². The molecule has 0 aromatic heterocycles. The summed E-state index contributed by atoms with van der Waals surface area (Å²) >= 11 is 0. The minimum absolute atomic E-state index is 0.0663. The van der Waals surface area contributed by atoms with Crippen LogP contribution in [0.4, 0.5) is 0 Å². The van der Waals surface area contributed by atoms with Crippen molar-refractivity contribution >= 4 is 11.9 Å². The summed E-state index contributed by atoms with van der Waals surface area (Å²) in [5.41, 5.74) is 2.12. The summed E-state index contributed by atoms with van der Waals surface area (Å²) in [4.78, 5) is 25.0. The van der Waals surface area contributed by atoms with Gasteiger partial charge in [0, 0.05) is 6.04 Å². The number of esters is 1. The van der Waals surface area contributed by atoms with Crippen molar-refractivity contribution in [3.8, 4) is 5.75 Å². The molecule has 0 N–H and O–H groups in total. The smallest absolute Gasteiger partial charge is 0.325 e. The molecular formula is C16H23NO4. The zero-order valence-electron chi connectivity index (χ0n) is 13.3. The third-order valence-electron chi connectivity index (χ3n) is 3.38. The van der Waals surface area contributed by atoms with E-state index >= 15 is 0 Å². The minimum Gasteiger partial charge on any atom is -0.483 e. The number of carbonyl (C=O) groups excluding carboxylic acids is 2. The lowest BCUT2D eigenvalue weighted by Gasteiger charge is -2.25. The first kappa shape index (κ1) is 17.0. The number of ether oxygens (including phenoxy) is 2. The molecule has 21 heavy (non-hydrogen) atoms. The molecule has 0 fully saturated rings. The standard InChI is InChI=1S/C16H23NO4/c1-11(2)17(9-16(19)20-5)15(18)10-21-14-8-6-7-12(3)13(14)4/h6-8,11H,9-10H2,1-5H3. The van der Waals surface area contributed by atoms with Crippen LogP contribution in [0.25, 0.3) is 0 Å². The van der Waals surface area contributed by atoms with Gasteiger partial charge in [0.2, 0.25) is 0 Å². The first-order valence-electron chi connectivity index (χ1n) is 6.92. The zero-order valence-corrected chi connectivity index (χ0v) is 13.3. The van der Waals surface area contributed by atoms with E-state index in [1.54, 1.807) is 0 Å². The fraction of sp³-hybridized carbons (Fsp3) is 0.500. The number of carbonyl (C=O) groups is 2. The first-order valence-corrected chi connectivity index (χ1v) is 6.92. The van der Waals surface area contributed by atoms with E-state index in [4.69, 9.17) is 4.74 Å². The molecule has 1 rings (SSSR count). The van der Waals surface area contributed by atoms with Gasteiger partial charge in [-0.3, -0.25) is 9.59 Å². The Morgan fingerprint density at radius 1 is 1.24 bits per heavy atom. The van der Waals surface area contributed by atoms with Crippen molar-refractivity contribution in [3.63, 3.8) is 0 Å². The van der Waals surface area contributed by atoms with Crippen LogP contribution >= 0.6 is 0 Å². The van der Waals surface area contributed by atoms with E-state index < -0.39 is 5.97 Å². The number of hydrogen-bond donors (Lipinski definition) is 0. The molecule has 5 heteroatoms. The molecule has 0 radical (unpaired) electrons. The SMILES string of the molecule is COC(=O)CN(C(=O)COc1cccc(C)c1C)C(C)C. The largest absolute Gasteiger partial charge is 0.483 e. The van der Waals surface area contributed by atoms with Crippen LogP contribution < -0.4 is 4.74 Å². The molecule has 0 aliphatic heterocycles. The molecule has 0 heterocycles. The second-order valence-electron chi connectivity index (χ2n) is 5.18. The Morgan fingerprint density at radius 3 is 2.48 bits per heavy atom. The van der Waals surface area contributed by atoms with E-state index in [2.05, 4.69) is 4.74 Å². The monoisotopic (exact) mass is 293 g/mol. The lowest BCUT2D eigenvalue weighted by atomic mass is 10.1. The van der Waals surface area contributed by atoms with Crippen molar-refractivity contribution in [1.82, 2.24) is 4.90 Å². The molecule has 116 valence electrons. The number of rotatable bonds is 6. The quantitative estimate of drug-likeness (QED) is 0.754. The highest BCUT2D eigenvalue weighted by Crippen LogP contribution is 2.20. The molecule has 0 saturated carbocycles. The first-order chi connectivity index (χ1) is 9.86. The van der Waals surface area contributed by atoms with Gasteiger partial charge in [-0.2, -0.15) is 0 Å². The molecule has 1 aromatic rings. The van der Waals surface area contributed by atoms with Crippen LogP contribution in [0.5, 0.6) is 5.75 Å². The third kappa shape index (κ3) is 4.77. The molecule has 0 aliphatic carbocycles. The number of nitrogens with zero attached hydrogens (tertiary/aromatic N) is 1. The normalized spacial score (nSPS) is 10.4. The van der Waals surface area contributed by atoms with Gasteiger partial charge in [-0.15, -0.1) is 0 Å². The molecule has 5 nitrogen and oxygen atoms in total. The molecule has 0 atom stereocenters.